The van der Waals surface area contributed by atoms with E-state index in [-0.39, 0.29) is 11.0 Å². The van der Waals surface area contributed by atoms with Gasteiger partial charge in [0.05, 0.1) is 11.3 Å². The Hall–Kier alpha value is -1.46. The first-order valence-electron chi connectivity index (χ1n) is 6.34. The standard InChI is InChI=1S/C14H23N3O2/c1-14(2,10-17(3)4)9-15-8-12-6-5-11(7-16-12)13(18)19/h5-7,15H,8-10H2,1-4H3,(H,18,19). The molecule has 0 aromatic carbocycles. The number of nitrogens with zero attached hydrogens (tertiary/aromatic N) is 2. The Kier molecular flexibility index (Phi) is 5.44. The maximum Gasteiger partial charge on any atom is 0.337 e. The van der Waals surface area contributed by atoms with Gasteiger partial charge >= 0.3 is 5.97 Å². The summed E-state index contributed by atoms with van der Waals surface area (Å²) in [6.07, 6.45) is 1.39. The van der Waals surface area contributed by atoms with Gasteiger partial charge in [-0.15, -0.1) is 0 Å². The van der Waals surface area contributed by atoms with Crippen LogP contribution < -0.4 is 5.32 Å². The Morgan fingerprint density at radius 3 is 2.58 bits per heavy atom. The van der Waals surface area contributed by atoms with E-state index in [4.69, 9.17) is 5.11 Å². The van der Waals surface area contributed by atoms with E-state index < -0.39 is 5.97 Å². The fraction of sp³-hybridized carbons (Fsp3) is 0.571. The summed E-state index contributed by atoms with van der Waals surface area (Å²) in [4.78, 5) is 17.0. The molecule has 1 rings (SSSR count). The minimum atomic E-state index is -0.945. The van der Waals surface area contributed by atoms with E-state index in [0.717, 1.165) is 18.8 Å². The van der Waals surface area contributed by atoms with Crippen molar-refractivity contribution in [2.75, 3.05) is 27.2 Å². The molecular weight excluding hydrogens is 242 g/mol. The number of carboxylic acid groups (broad SMARTS) is 1. The van der Waals surface area contributed by atoms with Gasteiger partial charge in [0.2, 0.25) is 0 Å². The number of aromatic carboxylic acids is 1. The molecule has 2 N–H and O–H groups in total. The highest BCUT2D eigenvalue weighted by Crippen LogP contribution is 2.14. The maximum atomic E-state index is 10.7. The largest absolute Gasteiger partial charge is 0.478 e. The molecule has 0 saturated carbocycles. The summed E-state index contributed by atoms with van der Waals surface area (Å²) in [7, 11) is 4.13. The van der Waals surface area contributed by atoms with Crippen LogP contribution in [0.5, 0.6) is 0 Å². The molecule has 0 aliphatic rings. The molecule has 0 radical (unpaired) electrons. The van der Waals surface area contributed by atoms with E-state index in [2.05, 4.69) is 43.1 Å². The van der Waals surface area contributed by atoms with Crippen LogP contribution >= 0.6 is 0 Å². The predicted molar refractivity (Wildman–Crippen MR) is 75.2 cm³/mol. The van der Waals surface area contributed by atoms with Crippen LogP contribution in [0.1, 0.15) is 29.9 Å². The first-order valence-corrected chi connectivity index (χ1v) is 6.34. The molecule has 0 atom stereocenters. The highest BCUT2D eigenvalue weighted by Gasteiger charge is 2.18. The SMILES string of the molecule is CN(C)CC(C)(C)CNCc1ccc(C(=O)O)cn1. The Morgan fingerprint density at radius 1 is 1.42 bits per heavy atom. The lowest BCUT2D eigenvalue weighted by Crippen LogP contribution is -2.37. The smallest absolute Gasteiger partial charge is 0.337 e. The Bertz CT molecular complexity index is 413. The normalized spacial score (nSPS) is 11.8. The highest BCUT2D eigenvalue weighted by molar-refractivity contribution is 5.87. The molecule has 0 spiro atoms. The molecule has 106 valence electrons. The van der Waals surface area contributed by atoms with E-state index in [1.54, 1.807) is 12.1 Å². The van der Waals surface area contributed by atoms with E-state index in [1.807, 2.05) is 0 Å². The molecule has 19 heavy (non-hydrogen) atoms. The molecule has 0 bridgehead atoms. The number of rotatable bonds is 7. The molecule has 1 aromatic rings. The summed E-state index contributed by atoms with van der Waals surface area (Å²) in [5.74, 6) is -0.945. The lowest BCUT2D eigenvalue weighted by molar-refractivity contribution is 0.0696. The third-order valence-corrected chi connectivity index (χ3v) is 2.73. The van der Waals surface area contributed by atoms with Crippen LogP contribution in [0.25, 0.3) is 0 Å². The van der Waals surface area contributed by atoms with Gasteiger partial charge in [0.1, 0.15) is 0 Å². The molecule has 0 saturated heterocycles. The summed E-state index contributed by atoms with van der Waals surface area (Å²) in [5.41, 5.74) is 1.26. The van der Waals surface area contributed by atoms with Crippen LogP contribution in [0.15, 0.2) is 18.3 Å². The molecule has 1 heterocycles. The monoisotopic (exact) mass is 265 g/mol. The van der Waals surface area contributed by atoms with Gasteiger partial charge in [0.25, 0.3) is 0 Å². The topological polar surface area (TPSA) is 65.5 Å². The molecule has 0 fully saturated rings. The van der Waals surface area contributed by atoms with E-state index in [0.29, 0.717) is 6.54 Å². The number of carboxylic acids is 1. The van der Waals surface area contributed by atoms with E-state index in [9.17, 15) is 4.79 Å². The van der Waals surface area contributed by atoms with Gasteiger partial charge < -0.3 is 15.3 Å². The van der Waals surface area contributed by atoms with Gasteiger partial charge in [-0.25, -0.2) is 4.79 Å². The third kappa shape index (κ3) is 5.81. The van der Waals surface area contributed by atoms with Crippen molar-refractivity contribution in [1.29, 1.82) is 0 Å². The number of aromatic nitrogens is 1. The van der Waals surface area contributed by atoms with Gasteiger partial charge in [0, 0.05) is 25.8 Å². The summed E-state index contributed by atoms with van der Waals surface area (Å²) in [5, 5.41) is 12.1. The molecule has 1 aromatic heterocycles. The lowest BCUT2D eigenvalue weighted by atomic mass is 9.93. The van der Waals surface area contributed by atoms with Crippen molar-refractivity contribution in [3.63, 3.8) is 0 Å². The van der Waals surface area contributed by atoms with E-state index >= 15 is 0 Å². The van der Waals surface area contributed by atoms with Gasteiger partial charge in [-0.3, -0.25) is 4.98 Å². The van der Waals surface area contributed by atoms with Crippen molar-refractivity contribution in [2.45, 2.75) is 20.4 Å². The van der Waals surface area contributed by atoms with Crippen molar-refractivity contribution in [1.82, 2.24) is 15.2 Å². The van der Waals surface area contributed by atoms with E-state index in [1.165, 1.54) is 6.20 Å². The van der Waals surface area contributed by atoms with Crippen molar-refractivity contribution in [3.05, 3.63) is 29.6 Å². The number of hydrogen-bond acceptors (Lipinski definition) is 4. The van der Waals surface area contributed by atoms with Crippen LogP contribution in [0.3, 0.4) is 0 Å². The second kappa shape index (κ2) is 6.63. The van der Waals surface area contributed by atoms with Crippen molar-refractivity contribution < 1.29 is 9.90 Å². The van der Waals surface area contributed by atoms with Gasteiger partial charge in [-0.05, 0) is 31.6 Å². The number of nitrogens with one attached hydrogen (secondary N) is 1. The van der Waals surface area contributed by atoms with Gasteiger partial charge in [-0.2, -0.15) is 0 Å². The van der Waals surface area contributed by atoms with Crippen LogP contribution in [0, 0.1) is 5.41 Å². The second-order valence-electron chi connectivity index (χ2n) is 5.85. The fourth-order valence-electron chi connectivity index (χ4n) is 2.10. The van der Waals surface area contributed by atoms with Crippen molar-refractivity contribution >= 4 is 5.97 Å². The minimum Gasteiger partial charge on any atom is -0.478 e. The third-order valence-electron chi connectivity index (χ3n) is 2.73. The Labute approximate surface area is 114 Å². The van der Waals surface area contributed by atoms with Crippen LogP contribution in [0.2, 0.25) is 0 Å². The lowest BCUT2D eigenvalue weighted by Gasteiger charge is -2.28. The zero-order valence-corrected chi connectivity index (χ0v) is 12.1. The number of carbonyl (C=O) groups is 1. The molecule has 0 amide bonds. The Balaban J connectivity index is 2.42. The summed E-state index contributed by atoms with van der Waals surface area (Å²) in [6, 6.07) is 3.33. The highest BCUT2D eigenvalue weighted by atomic mass is 16.4. The minimum absolute atomic E-state index is 0.185. The van der Waals surface area contributed by atoms with Gasteiger partial charge in [0.15, 0.2) is 0 Å². The number of pyridine rings is 1. The fourth-order valence-corrected chi connectivity index (χ4v) is 2.10. The molecule has 0 unspecified atom stereocenters. The zero-order chi connectivity index (χ0) is 14.5. The van der Waals surface area contributed by atoms with Crippen LogP contribution in [0.4, 0.5) is 0 Å². The van der Waals surface area contributed by atoms with Crippen LogP contribution in [-0.2, 0) is 6.54 Å². The zero-order valence-electron chi connectivity index (χ0n) is 12.1. The van der Waals surface area contributed by atoms with Crippen molar-refractivity contribution in [3.8, 4) is 0 Å². The van der Waals surface area contributed by atoms with Crippen molar-refractivity contribution in [2.24, 2.45) is 5.41 Å². The first-order chi connectivity index (χ1) is 8.80. The quantitative estimate of drug-likeness (QED) is 0.781. The molecule has 0 aliphatic carbocycles. The molecule has 5 heteroatoms. The second-order valence-corrected chi connectivity index (χ2v) is 5.85. The predicted octanol–water partition coefficient (Wildman–Crippen LogP) is 1.46. The molecule has 5 nitrogen and oxygen atoms in total. The summed E-state index contributed by atoms with van der Waals surface area (Å²) >= 11 is 0. The molecule has 0 aliphatic heterocycles. The average molecular weight is 265 g/mol. The maximum absolute atomic E-state index is 10.7. The molecular formula is C14H23N3O2. The summed E-state index contributed by atoms with van der Waals surface area (Å²) in [6.45, 7) is 6.96. The summed E-state index contributed by atoms with van der Waals surface area (Å²) < 4.78 is 0. The first kappa shape index (κ1) is 15.6. The number of hydrogen-bond donors (Lipinski definition) is 2. The van der Waals surface area contributed by atoms with Crippen LogP contribution in [-0.4, -0.2) is 48.1 Å². The average Bonchev–Trinajstić information content (AvgIpc) is 2.27. The Morgan fingerprint density at radius 2 is 2.11 bits per heavy atom. The van der Waals surface area contributed by atoms with Gasteiger partial charge in [-0.1, -0.05) is 13.8 Å².